The van der Waals surface area contributed by atoms with Gasteiger partial charge in [-0.15, -0.1) is 11.3 Å². The summed E-state index contributed by atoms with van der Waals surface area (Å²) in [5.74, 6) is 1.41. The van der Waals surface area contributed by atoms with Crippen molar-refractivity contribution in [2.75, 3.05) is 26.3 Å². The van der Waals surface area contributed by atoms with Gasteiger partial charge in [0.2, 0.25) is 5.91 Å². The molecule has 3 rings (SSSR count). The quantitative estimate of drug-likeness (QED) is 0.812. The Morgan fingerprint density at radius 3 is 3.17 bits per heavy atom. The van der Waals surface area contributed by atoms with Crippen LogP contribution in [0.15, 0.2) is 23.3 Å². The zero-order chi connectivity index (χ0) is 16.1. The Kier molecular flexibility index (Phi) is 5.40. The smallest absolute Gasteiger partial charge is 0.248 e. The van der Waals surface area contributed by atoms with Crippen LogP contribution in [0.5, 0.6) is 0 Å². The second-order valence-corrected chi connectivity index (χ2v) is 6.43. The average molecular weight is 334 g/mol. The third kappa shape index (κ3) is 3.97. The van der Waals surface area contributed by atoms with Gasteiger partial charge in [0.1, 0.15) is 12.4 Å². The van der Waals surface area contributed by atoms with Gasteiger partial charge in [-0.25, -0.2) is 9.97 Å². The second-order valence-electron chi connectivity index (χ2n) is 5.71. The molecule has 1 saturated heterocycles. The lowest BCUT2D eigenvalue weighted by molar-refractivity contribution is -0.137. The SMILES string of the molecule is CCOCC(=O)N1CCC[C@@H](c2nccn2Cc2cscn2)C1. The summed E-state index contributed by atoms with van der Waals surface area (Å²) >= 11 is 1.60. The number of ether oxygens (including phenoxy) is 1. The molecule has 1 fully saturated rings. The molecule has 0 aliphatic carbocycles. The second kappa shape index (κ2) is 7.70. The Balaban J connectivity index is 1.67. The number of amides is 1. The number of carbonyl (C=O) groups is 1. The maximum atomic E-state index is 12.2. The highest BCUT2D eigenvalue weighted by Gasteiger charge is 2.27. The predicted molar refractivity (Wildman–Crippen MR) is 88.5 cm³/mol. The number of hydrogen-bond donors (Lipinski definition) is 0. The molecule has 7 heteroatoms. The maximum Gasteiger partial charge on any atom is 0.248 e. The van der Waals surface area contributed by atoms with Crippen molar-refractivity contribution in [2.24, 2.45) is 0 Å². The number of thiazole rings is 1. The third-order valence-electron chi connectivity index (χ3n) is 4.13. The molecule has 23 heavy (non-hydrogen) atoms. The Labute approximate surface area is 140 Å². The molecule has 0 radical (unpaired) electrons. The summed E-state index contributed by atoms with van der Waals surface area (Å²) in [5.41, 5.74) is 2.90. The normalized spacial score (nSPS) is 18.3. The lowest BCUT2D eigenvalue weighted by Crippen LogP contribution is -2.41. The summed E-state index contributed by atoms with van der Waals surface area (Å²) in [5, 5.41) is 2.06. The van der Waals surface area contributed by atoms with Gasteiger partial charge in [-0.1, -0.05) is 0 Å². The fraction of sp³-hybridized carbons (Fsp3) is 0.562. The van der Waals surface area contributed by atoms with E-state index < -0.39 is 0 Å². The number of hydrogen-bond acceptors (Lipinski definition) is 5. The molecular formula is C16H22N4O2S. The Morgan fingerprint density at radius 2 is 2.39 bits per heavy atom. The number of aromatic nitrogens is 3. The summed E-state index contributed by atoms with van der Waals surface area (Å²) in [4.78, 5) is 23.0. The number of piperidine rings is 1. The maximum absolute atomic E-state index is 12.2. The highest BCUT2D eigenvalue weighted by molar-refractivity contribution is 7.07. The summed E-state index contributed by atoms with van der Waals surface area (Å²) in [6, 6.07) is 0. The molecule has 2 aromatic heterocycles. The van der Waals surface area contributed by atoms with E-state index in [4.69, 9.17) is 4.74 Å². The van der Waals surface area contributed by atoms with Gasteiger partial charge in [0.05, 0.1) is 17.7 Å². The molecule has 1 atom stereocenters. The van der Waals surface area contributed by atoms with Crippen molar-refractivity contribution in [3.05, 3.63) is 34.8 Å². The van der Waals surface area contributed by atoms with Crippen molar-refractivity contribution < 1.29 is 9.53 Å². The van der Waals surface area contributed by atoms with Crippen LogP contribution in [-0.4, -0.2) is 51.6 Å². The van der Waals surface area contributed by atoms with E-state index in [0.29, 0.717) is 6.61 Å². The van der Waals surface area contributed by atoms with Gasteiger partial charge in [0.15, 0.2) is 0 Å². The van der Waals surface area contributed by atoms with E-state index in [1.807, 2.05) is 29.7 Å². The molecule has 2 aromatic rings. The van der Waals surface area contributed by atoms with Crippen molar-refractivity contribution >= 4 is 17.2 Å². The predicted octanol–water partition coefficient (Wildman–Crippen LogP) is 2.13. The van der Waals surface area contributed by atoms with Crippen LogP contribution in [0.25, 0.3) is 0 Å². The van der Waals surface area contributed by atoms with Crippen molar-refractivity contribution in [2.45, 2.75) is 32.2 Å². The lowest BCUT2D eigenvalue weighted by atomic mass is 9.97. The van der Waals surface area contributed by atoms with Gasteiger partial charge in [-0.05, 0) is 19.8 Å². The molecule has 3 heterocycles. The molecule has 6 nitrogen and oxygen atoms in total. The number of imidazole rings is 1. The van der Waals surface area contributed by atoms with Crippen LogP contribution in [-0.2, 0) is 16.1 Å². The Bertz CT molecular complexity index is 626. The number of nitrogens with zero attached hydrogens (tertiary/aromatic N) is 4. The molecule has 1 aliphatic heterocycles. The van der Waals surface area contributed by atoms with Gasteiger partial charge in [0.25, 0.3) is 0 Å². The van der Waals surface area contributed by atoms with Gasteiger partial charge >= 0.3 is 0 Å². The van der Waals surface area contributed by atoms with E-state index >= 15 is 0 Å². The molecule has 0 unspecified atom stereocenters. The molecule has 0 spiro atoms. The van der Waals surface area contributed by atoms with E-state index in [-0.39, 0.29) is 18.4 Å². The molecule has 1 amide bonds. The first-order valence-electron chi connectivity index (χ1n) is 8.01. The Morgan fingerprint density at radius 1 is 1.48 bits per heavy atom. The van der Waals surface area contributed by atoms with Crippen LogP contribution >= 0.6 is 11.3 Å². The van der Waals surface area contributed by atoms with E-state index in [2.05, 4.69) is 19.9 Å². The topological polar surface area (TPSA) is 60.2 Å². The standard InChI is InChI=1S/C16H22N4O2S/c1-2-22-10-15(21)19-6-3-4-13(8-19)16-17-5-7-20(16)9-14-11-23-12-18-14/h5,7,11-13H,2-4,6,8-10H2,1H3/t13-/m1/s1. The molecule has 1 aliphatic rings. The minimum Gasteiger partial charge on any atom is -0.372 e. The molecule has 0 bridgehead atoms. The number of carbonyl (C=O) groups excluding carboxylic acids is 1. The van der Waals surface area contributed by atoms with Crippen LogP contribution in [0.2, 0.25) is 0 Å². The average Bonchev–Trinajstić information content (AvgIpc) is 3.25. The lowest BCUT2D eigenvalue weighted by Gasteiger charge is -2.32. The summed E-state index contributed by atoms with van der Waals surface area (Å²) in [6.07, 6.45) is 5.90. The van der Waals surface area contributed by atoms with E-state index in [9.17, 15) is 4.79 Å². The van der Waals surface area contributed by atoms with Gasteiger partial charge in [-0.2, -0.15) is 0 Å². The Hall–Kier alpha value is -1.73. The summed E-state index contributed by atoms with van der Waals surface area (Å²) in [7, 11) is 0. The molecular weight excluding hydrogens is 312 g/mol. The molecule has 0 N–H and O–H groups in total. The van der Waals surface area contributed by atoms with E-state index in [1.54, 1.807) is 11.3 Å². The first kappa shape index (κ1) is 16.1. The van der Waals surface area contributed by atoms with E-state index in [0.717, 1.165) is 44.0 Å². The molecule has 0 saturated carbocycles. The summed E-state index contributed by atoms with van der Waals surface area (Å²) in [6.45, 7) is 4.93. The first-order chi connectivity index (χ1) is 11.3. The zero-order valence-corrected chi connectivity index (χ0v) is 14.2. The van der Waals surface area contributed by atoms with Crippen LogP contribution in [0.3, 0.4) is 0 Å². The van der Waals surface area contributed by atoms with Gasteiger partial charge < -0.3 is 14.2 Å². The highest BCUT2D eigenvalue weighted by Crippen LogP contribution is 2.26. The van der Waals surface area contributed by atoms with Gasteiger partial charge in [-0.3, -0.25) is 4.79 Å². The zero-order valence-electron chi connectivity index (χ0n) is 13.4. The monoisotopic (exact) mass is 334 g/mol. The largest absolute Gasteiger partial charge is 0.372 e. The van der Waals surface area contributed by atoms with Crippen LogP contribution in [0.4, 0.5) is 0 Å². The van der Waals surface area contributed by atoms with Crippen LogP contribution in [0, 0.1) is 0 Å². The van der Waals surface area contributed by atoms with Gasteiger partial charge in [0, 0.05) is 43.4 Å². The molecule has 0 aromatic carbocycles. The third-order valence-corrected chi connectivity index (χ3v) is 4.77. The molecule has 124 valence electrons. The first-order valence-corrected chi connectivity index (χ1v) is 8.95. The number of rotatable bonds is 6. The van der Waals surface area contributed by atoms with Crippen molar-refractivity contribution in [1.29, 1.82) is 0 Å². The number of likely N-dealkylation sites (tertiary alicyclic amines) is 1. The van der Waals surface area contributed by atoms with Crippen molar-refractivity contribution in [3.63, 3.8) is 0 Å². The minimum atomic E-state index is 0.0779. The van der Waals surface area contributed by atoms with Crippen molar-refractivity contribution in [3.8, 4) is 0 Å². The van der Waals surface area contributed by atoms with E-state index in [1.165, 1.54) is 0 Å². The fourth-order valence-electron chi connectivity index (χ4n) is 3.00. The highest BCUT2D eigenvalue weighted by atomic mass is 32.1. The fourth-order valence-corrected chi connectivity index (χ4v) is 3.55. The summed E-state index contributed by atoms with van der Waals surface area (Å²) < 4.78 is 7.40. The van der Waals surface area contributed by atoms with Crippen LogP contribution in [0.1, 0.15) is 37.2 Å². The minimum absolute atomic E-state index is 0.0779. The van der Waals surface area contributed by atoms with Crippen molar-refractivity contribution in [1.82, 2.24) is 19.4 Å². The van der Waals surface area contributed by atoms with Crippen LogP contribution < -0.4 is 0 Å².